The van der Waals surface area contributed by atoms with Crippen molar-refractivity contribution in [3.05, 3.63) is 5.82 Å². The first-order valence-corrected chi connectivity index (χ1v) is 9.31. The van der Waals surface area contributed by atoms with Gasteiger partial charge in [-0.05, 0) is 12.3 Å². The van der Waals surface area contributed by atoms with E-state index in [1.54, 1.807) is 0 Å². The molecule has 1 N–H and O–H groups in total. The number of anilines is 1. The Kier molecular flexibility index (Phi) is 6.21. The van der Waals surface area contributed by atoms with Gasteiger partial charge in [0.25, 0.3) is 0 Å². The second-order valence-corrected chi connectivity index (χ2v) is 7.78. The molecule has 0 saturated carbocycles. The molecule has 1 fully saturated rings. The van der Waals surface area contributed by atoms with Crippen LogP contribution in [0.25, 0.3) is 0 Å². The minimum Gasteiger partial charge on any atom is -0.357 e. The minimum absolute atomic E-state index is 0.214. The fourth-order valence-electron chi connectivity index (χ4n) is 2.36. The summed E-state index contributed by atoms with van der Waals surface area (Å²) in [6.07, 6.45) is 0.903. The maximum atomic E-state index is 4.81. The number of nitrogens with one attached hydrogen (secondary N) is 1. The van der Waals surface area contributed by atoms with Gasteiger partial charge in [-0.1, -0.05) is 27.7 Å². The molecule has 130 valence electrons. The van der Waals surface area contributed by atoms with Crippen molar-refractivity contribution >= 4 is 22.6 Å². The number of aryl methyl sites for hydroxylation is 1. The summed E-state index contributed by atoms with van der Waals surface area (Å²) in [5, 5.41) is 4.48. The van der Waals surface area contributed by atoms with Crippen LogP contribution < -0.4 is 10.2 Å². The Morgan fingerprint density at radius 1 is 1.22 bits per heavy atom. The Hall–Kier alpha value is -1.37. The van der Waals surface area contributed by atoms with Crippen molar-refractivity contribution < 1.29 is 0 Å². The van der Waals surface area contributed by atoms with Gasteiger partial charge in [0.15, 0.2) is 5.96 Å². The average molecular weight is 339 g/mol. The maximum absolute atomic E-state index is 4.81. The number of piperazine rings is 1. The molecule has 0 spiro atoms. The van der Waals surface area contributed by atoms with Crippen LogP contribution in [0.3, 0.4) is 0 Å². The van der Waals surface area contributed by atoms with E-state index in [-0.39, 0.29) is 5.41 Å². The lowest BCUT2D eigenvalue weighted by molar-refractivity contribution is 0.365. The molecule has 2 heterocycles. The fourth-order valence-corrected chi connectivity index (χ4v) is 3.17. The van der Waals surface area contributed by atoms with E-state index in [2.05, 4.69) is 59.1 Å². The van der Waals surface area contributed by atoms with Gasteiger partial charge in [-0.15, -0.1) is 0 Å². The molecule has 0 aromatic carbocycles. The summed E-state index contributed by atoms with van der Waals surface area (Å²) in [5.74, 6) is 1.99. The molecular weight excluding hydrogens is 308 g/mol. The summed E-state index contributed by atoms with van der Waals surface area (Å²) >= 11 is 1.51. The van der Waals surface area contributed by atoms with E-state index < -0.39 is 0 Å². The molecule has 7 heteroatoms. The van der Waals surface area contributed by atoms with Crippen LogP contribution in [0.1, 0.15) is 40.4 Å². The lowest BCUT2D eigenvalue weighted by Crippen LogP contribution is -2.52. The van der Waals surface area contributed by atoms with E-state index in [9.17, 15) is 0 Å². The first-order chi connectivity index (χ1) is 10.9. The summed E-state index contributed by atoms with van der Waals surface area (Å²) < 4.78 is 4.39. The summed E-state index contributed by atoms with van der Waals surface area (Å²) in [5.41, 5.74) is 0.214. The van der Waals surface area contributed by atoms with Crippen molar-refractivity contribution in [3.8, 4) is 0 Å². The second kappa shape index (κ2) is 7.95. The molecule has 1 aliphatic heterocycles. The van der Waals surface area contributed by atoms with Gasteiger partial charge in [-0.2, -0.15) is 4.37 Å². The number of guanidine groups is 1. The average Bonchev–Trinajstić information content (AvgIpc) is 3.00. The first-order valence-electron chi connectivity index (χ1n) is 8.53. The van der Waals surface area contributed by atoms with E-state index in [4.69, 9.17) is 4.99 Å². The molecule has 0 radical (unpaired) electrons. The van der Waals surface area contributed by atoms with Gasteiger partial charge in [0.1, 0.15) is 5.82 Å². The topological polar surface area (TPSA) is 56.7 Å². The number of nitrogens with zero attached hydrogens (tertiary/aromatic N) is 5. The Bertz CT molecular complexity index is 511. The predicted octanol–water partition coefficient (Wildman–Crippen LogP) is 2.23. The highest BCUT2D eigenvalue weighted by molar-refractivity contribution is 7.09. The molecule has 0 atom stereocenters. The van der Waals surface area contributed by atoms with Gasteiger partial charge in [0.2, 0.25) is 5.13 Å². The molecule has 0 aliphatic carbocycles. The molecule has 1 saturated heterocycles. The van der Waals surface area contributed by atoms with Crippen LogP contribution in [0, 0.1) is 5.41 Å². The number of rotatable bonds is 4. The van der Waals surface area contributed by atoms with Crippen LogP contribution in [-0.4, -0.2) is 59.5 Å². The molecule has 1 aromatic rings. The van der Waals surface area contributed by atoms with E-state index in [0.29, 0.717) is 0 Å². The van der Waals surface area contributed by atoms with Gasteiger partial charge >= 0.3 is 0 Å². The third kappa shape index (κ3) is 5.34. The maximum Gasteiger partial charge on any atom is 0.205 e. The zero-order valence-corrected chi connectivity index (χ0v) is 15.9. The Morgan fingerprint density at radius 2 is 1.91 bits per heavy atom. The standard InChI is InChI=1S/C16H30N6S/c1-6-13-19-15(23-20-13)22-10-8-21(9-11-22)14(17-7-2)18-12-16(3,4)5/h6-12H2,1-5H3,(H,17,18). The molecule has 0 amide bonds. The van der Waals surface area contributed by atoms with Gasteiger partial charge in [0.05, 0.1) is 0 Å². The minimum atomic E-state index is 0.214. The highest BCUT2D eigenvalue weighted by Gasteiger charge is 2.22. The SMILES string of the molecule is CCNC(=NCC(C)(C)C)N1CCN(c2nc(CC)ns2)CC1. The number of hydrogen-bond acceptors (Lipinski definition) is 5. The van der Waals surface area contributed by atoms with E-state index in [1.165, 1.54) is 11.5 Å². The number of aromatic nitrogens is 2. The van der Waals surface area contributed by atoms with Crippen molar-refractivity contribution in [2.45, 2.75) is 41.0 Å². The third-order valence-corrected chi connectivity index (χ3v) is 4.48. The number of hydrogen-bond donors (Lipinski definition) is 1. The lowest BCUT2D eigenvalue weighted by atomic mass is 9.97. The molecule has 2 rings (SSSR count). The molecule has 0 unspecified atom stereocenters. The van der Waals surface area contributed by atoms with Crippen molar-refractivity contribution in [2.24, 2.45) is 10.4 Å². The summed E-state index contributed by atoms with van der Waals surface area (Å²) in [7, 11) is 0. The largest absolute Gasteiger partial charge is 0.357 e. The molecular formula is C16H30N6S. The molecule has 23 heavy (non-hydrogen) atoms. The Labute approximate surface area is 144 Å². The highest BCUT2D eigenvalue weighted by atomic mass is 32.1. The lowest BCUT2D eigenvalue weighted by Gasteiger charge is -2.36. The summed E-state index contributed by atoms with van der Waals surface area (Å²) in [6, 6.07) is 0. The van der Waals surface area contributed by atoms with E-state index in [0.717, 1.165) is 62.6 Å². The van der Waals surface area contributed by atoms with E-state index >= 15 is 0 Å². The van der Waals surface area contributed by atoms with Crippen molar-refractivity contribution in [1.82, 2.24) is 19.6 Å². The van der Waals surface area contributed by atoms with Crippen LogP contribution in [0.15, 0.2) is 4.99 Å². The van der Waals surface area contributed by atoms with Crippen molar-refractivity contribution in [2.75, 3.05) is 44.2 Å². The van der Waals surface area contributed by atoms with Crippen LogP contribution in [0.4, 0.5) is 5.13 Å². The van der Waals surface area contributed by atoms with Gasteiger partial charge in [-0.3, -0.25) is 4.99 Å². The third-order valence-electron chi connectivity index (χ3n) is 3.66. The summed E-state index contributed by atoms with van der Waals surface area (Å²) in [6.45, 7) is 16.5. The number of aliphatic imine (C=N–C) groups is 1. The van der Waals surface area contributed by atoms with Crippen LogP contribution >= 0.6 is 11.5 Å². The molecule has 1 aromatic heterocycles. The monoisotopic (exact) mass is 338 g/mol. The zero-order chi connectivity index (χ0) is 16.9. The van der Waals surface area contributed by atoms with Crippen molar-refractivity contribution in [3.63, 3.8) is 0 Å². The van der Waals surface area contributed by atoms with Crippen LogP contribution in [0.5, 0.6) is 0 Å². The van der Waals surface area contributed by atoms with Gasteiger partial charge < -0.3 is 15.1 Å². The first kappa shape index (κ1) is 18.0. The second-order valence-electron chi connectivity index (χ2n) is 7.05. The van der Waals surface area contributed by atoms with Gasteiger partial charge in [0, 0.05) is 57.2 Å². The predicted molar refractivity (Wildman–Crippen MR) is 98.5 cm³/mol. The zero-order valence-electron chi connectivity index (χ0n) is 15.1. The van der Waals surface area contributed by atoms with E-state index in [1.807, 2.05) is 0 Å². The van der Waals surface area contributed by atoms with Crippen LogP contribution in [0.2, 0.25) is 0 Å². The fraction of sp³-hybridized carbons (Fsp3) is 0.812. The van der Waals surface area contributed by atoms with Gasteiger partial charge in [-0.25, -0.2) is 4.98 Å². The normalized spacial score (nSPS) is 16.8. The van der Waals surface area contributed by atoms with Crippen molar-refractivity contribution in [1.29, 1.82) is 0 Å². The Morgan fingerprint density at radius 3 is 2.43 bits per heavy atom. The Balaban J connectivity index is 1.95. The summed E-state index contributed by atoms with van der Waals surface area (Å²) in [4.78, 5) is 14.1. The smallest absolute Gasteiger partial charge is 0.205 e. The molecule has 1 aliphatic rings. The highest BCUT2D eigenvalue weighted by Crippen LogP contribution is 2.19. The molecule has 6 nitrogen and oxygen atoms in total. The molecule has 0 bridgehead atoms. The quantitative estimate of drug-likeness (QED) is 0.674. The van der Waals surface area contributed by atoms with Crippen LogP contribution in [-0.2, 0) is 6.42 Å².